The van der Waals surface area contributed by atoms with Gasteiger partial charge in [0, 0.05) is 5.92 Å². The molecular weight excluding hydrogens is 158 g/mol. The first-order valence-electron chi connectivity index (χ1n) is 5.43. The average molecular weight is 177 g/mol. The van der Waals surface area contributed by atoms with Crippen LogP contribution in [-0.4, -0.2) is 0 Å². The third kappa shape index (κ3) is 3.63. The molecule has 72 valence electrons. The van der Waals surface area contributed by atoms with E-state index in [2.05, 4.69) is 25.1 Å². The molecular formula is C12H19N. The van der Waals surface area contributed by atoms with Gasteiger partial charge in [-0.15, -0.1) is 0 Å². The van der Waals surface area contributed by atoms with E-state index in [9.17, 15) is 0 Å². The van der Waals surface area contributed by atoms with Gasteiger partial charge in [-0.25, -0.2) is 0 Å². The maximum Gasteiger partial charge on any atom is 0.0655 e. The fourth-order valence-electron chi connectivity index (χ4n) is 1.90. The van der Waals surface area contributed by atoms with E-state index < -0.39 is 0 Å². The molecule has 0 radical (unpaired) electrons. The Labute approximate surface area is 81.5 Å². The number of nitriles is 1. The molecule has 0 bridgehead atoms. The highest BCUT2D eigenvalue weighted by molar-refractivity contribution is 4.94. The molecule has 1 aliphatic rings. The first kappa shape index (κ1) is 10.3. The largest absolute Gasteiger partial charge is 0.198 e. The topological polar surface area (TPSA) is 23.8 Å². The number of hydrogen-bond acceptors (Lipinski definition) is 1. The van der Waals surface area contributed by atoms with E-state index in [-0.39, 0.29) is 0 Å². The minimum absolute atomic E-state index is 0.343. The second kappa shape index (κ2) is 5.80. The van der Waals surface area contributed by atoms with E-state index in [0.29, 0.717) is 5.92 Å². The number of unbranched alkanes of at least 4 members (excludes halogenated alkanes) is 1. The molecule has 1 saturated carbocycles. The number of nitrogens with zero attached hydrogens (tertiary/aromatic N) is 1. The van der Waals surface area contributed by atoms with Crippen LogP contribution in [0, 0.1) is 23.2 Å². The molecule has 0 amide bonds. The summed E-state index contributed by atoms with van der Waals surface area (Å²) in [5, 5.41) is 8.72. The summed E-state index contributed by atoms with van der Waals surface area (Å²) in [7, 11) is 0. The van der Waals surface area contributed by atoms with Crippen molar-refractivity contribution in [2.24, 2.45) is 11.8 Å². The van der Waals surface area contributed by atoms with Crippen molar-refractivity contribution < 1.29 is 0 Å². The normalized spacial score (nSPS) is 28.9. The lowest BCUT2D eigenvalue weighted by atomic mass is 9.82. The lowest BCUT2D eigenvalue weighted by molar-refractivity contribution is 0.362. The highest BCUT2D eigenvalue weighted by Crippen LogP contribution is 2.29. The van der Waals surface area contributed by atoms with Gasteiger partial charge in [-0.3, -0.25) is 0 Å². The van der Waals surface area contributed by atoms with Crippen molar-refractivity contribution in [2.75, 3.05) is 0 Å². The highest BCUT2D eigenvalue weighted by Gasteiger charge is 2.18. The molecule has 0 N–H and O–H groups in total. The van der Waals surface area contributed by atoms with Crippen LogP contribution in [0.15, 0.2) is 12.2 Å². The van der Waals surface area contributed by atoms with Gasteiger partial charge in [-0.2, -0.15) is 5.26 Å². The van der Waals surface area contributed by atoms with Crippen molar-refractivity contribution in [1.82, 2.24) is 0 Å². The van der Waals surface area contributed by atoms with Crippen LogP contribution in [0.5, 0.6) is 0 Å². The number of hydrogen-bond donors (Lipinski definition) is 0. The van der Waals surface area contributed by atoms with Gasteiger partial charge in [-0.1, -0.05) is 25.5 Å². The fraction of sp³-hybridized carbons (Fsp3) is 0.750. The Hall–Kier alpha value is -0.770. The van der Waals surface area contributed by atoms with Crippen molar-refractivity contribution >= 4 is 0 Å². The van der Waals surface area contributed by atoms with E-state index in [1.54, 1.807) is 0 Å². The van der Waals surface area contributed by atoms with E-state index in [4.69, 9.17) is 5.26 Å². The Morgan fingerprint density at radius 1 is 1.31 bits per heavy atom. The van der Waals surface area contributed by atoms with Crippen LogP contribution in [0.4, 0.5) is 0 Å². The van der Waals surface area contributed by atoms with Gasteiger partial charge in [-0.05, 0) is 38.0 Å². The molecule has 0 spiro atoms. The molecule has 1 aliphatic carbocycles. The molecule has 0 unspecified atom stereocenters. The van der Waals surface area contributed by atoms with Crippen LogP contribution in [0.2, 0.25) is 0 Å². The minimum Gasteiger partial charge on any atom is -0.198 e. The highest BCUT2D eigenvalue weighted by atomic mass is 14.3. The Bertz CT molecular complexity index is 192. The van der Waals surface area contributed by atoms with Gasteiger partial charge in [0.2, 0.25) is 0 Å². The van der Waals surface area contributed by atoms with Gasteiger partial charge < -0.3 is 0 Å². The van der Waals surface area contributed by atoms with E-state index >= 15 is 0 Å². The molecule has 1 heteroatoms. The lowest BCUT2D eigenvalue weighted by Gasteiger charge is -2.21. The van der Waals surface area contributed by atoms with Crippen molar-refractivity contribution in [3.63, 3.8) is 0 Å². The third-order valence-corrected chi connectivity index (χ3v) is 2.82. The van der Waals surface area contributed by atoms with Crippen LogP contribution in [0.3, 0.4) is 0 Å². The summed E-state index contributed by atoms with van der Waals surface area (Å²) < 4.78 is 0. The molecule has 0 aromatic heterocycles. The SMILES string of the molecule is CCCC=CC1CCC(C#N)CC1. The first-order valence-corrected chi connectivity index (χ1v) is 5.43. The monoisotopic (exact) mass is 177 g/mol. The zero-order chi connectivity index (χ0) is 9.52. The molecule has 1 rings (SSSR count). The Morgan fingerprint density at radius 2 is 2.00 bits per heavy atom. The Balaban J connectivity index is 2.22. The van der Waals surface area contributed by atoms with Crippen LogP contribution < -0.4 is 0 Å². The maximum atomic E-state index is 8.72. The second-order valence-electron chi connectivity index (χ2n) is 3.96. The second-order valence-corrected chi connectivity index (χ2v) is 3.96. The van der Waals surface area contributed by atoms with Gasteiger partial charge in [0.15, 0.2) is 0 Å². The van der Waals surface area contributed by atoms with E-state index in [1.165, 1.54) is 25.7 Å². The predicted molar refractivity (Wildman–Crippen MR) is 55.1 cm³/mol. The molecule has 0 aromatic carbocycles. The van der Waals surface area contributed by atoms with Crippen LogP contribution in [0.1, 0.15) is 45.4 Å². The molecule has 1 nitrogen and oxygen atoms in total. The quantitative estimate of drug-likeness (QED) is 0.603. The molecule has 0 atom stereocenters. The Morgan fingerprint density at radius 3 is 2.54 bits per heavy atom. The van der Waals surface area contributed by atoms with E-state index in [1.807, 2.05) is 0 Å². The molecule has 0 heterocycles. The van der Waals surface area contributed by atoms with Crippen LogP contribution in [-0.2, 0) is 0 Å². The standard InChI is InChI=1S/C12H19N/c1-2-3-4-5-11-6-8-12(10-13)9-7-11/h4-5,11-12H,2-3,6-9H2,1H3. The Kier molecular flexibility index (Phi) is 4.60. The average Bonchev–Trinajstić information content (AvgIpc) is 2.19. The summed E-state index contributed by atoms with van der Waals surface area (Å²) in [6.45, 7) is 2.21. The van der Waals surface area contributed by atoms with Gasteiger partial charge in [0.05, 0.1) is 6.07 Å². The van der Waals surface area contributed by atoms with Crippen molar-refractivity contribution in [1.29, 1.82) is 5.26 Å². The predicted octanol–water partition coefficient (Wildman–Crippen LogP) is 3.67. The van der Waals surface area contributed by atoms with Gasteiger partial charge in [0.1, 0.15) is 0 Å². The zero-order valence-electron chi connectivity index (χ0n) is 8.50. The van der Waals surface area contributed by atoms with Gasteiger partial charge in [0.25, 0.3) is 0 Å². The summed E-state index contributed by atoms with van der Waals surface area (Å²) in [4.78, 5) is 0. The van der Waals surface area contributed by atoms with Crippen molar-refractivity contribution in [2.45, 2.75) is 45.4 Å². The third-order valence-electron chi connectivity index (χ3n) is 2.82. The van der Waals surface area contributed by atoms with Crippen molar-refractivity contribution in [3.05, 3.63) is 12.2 Å². The summed E-state index contributed by atoms with van der Waals surface area (Å²) in [5.41, 5.74) is 0. The fourth-order valence-corrected chi connectivity index (χ4v) is 1.90. The minimum atomic E-state index is 0.343. The molecule has 1 fully saturated rings. The molecule has 0 saturated heterocycles. The molecule has 0 aromatic rings. The lowest BCUT2D eigenvalue weighted by Crippen LogP contribution is -2.11. The number of rotatable bonds is 3. The summed E-state index contributed by atoms with van der Waals surface area (Å²) in [6.07, 6.45) is 11.8. The first-order chi connectivity index (χ1) is 6.36. The molecule has 0 aliphatic heterocycles. The smallest absolute Gasteiger partial charge is 0.0655 e. The van der Waals surface area contributed by atoms with Gasteiger partial charge >= 0.3 is 0 Å². The summed E-state index contributed by atoms with van der Waals surface area (Å²) in [6, 6.07) is 2.37. The van der Waals surface area contributed by atoms with Crippen LogP contribution >= 0.6 is 0 Å². The van der Waals surface area contributed by atoms with Crippen molar-refractivity contribution in [3.8, 4) is 6.07 Å². The zero-order valence-corrected chi connectivity index (χ0v) is 8.50. The summed E-state index contributed by atoms with van der Waals surface area (Å²) in [5.74, 6) is 1.10. The maximum absolute atomic E-state index is 8.72. The van der Waals surface area contributed by atoms with E-state index in [0.717, 1.165) is 18.8 Å². The summed E-state index contributed by atoms with van der Waals surface area (Å²) >= 11 is 0. The molecule has 13 heavy (non-hydrogen) atoms. The number of allylic oxidation sites excluding steroid dienone is 2. The van der Waals surface area contributed by atoms with Crippen LogP contribution in [0.25, 0.3) is 0 Å².